The lowest BCUT2D eigenvalue weighted by molar-refractivity contribution is 0.260. The van der Waals surface area contributed by atoms with Gasteiger partial charge in [-0.1, -0.05) is 64.5 Å². The van der Waals surface area contributed by atoms with Crippen molar-refractivity contribution >= 4 is 82.4 Å². The lowest BCUT2D eigenvalue weighted by atomic mass is 9.78. The van der Waals surface area contributed by atoms with Crippen LogP contribution in [-0.2, 0) is 0 Å². The van der Waals surface area contributed by atoms with Crippen LogP contribution in [0.5, 0.6) is 5.75 Å². The number of ether oxygens (including phenoxy) is 1. The van der Waals surface area contributed by atoms with Gasteiger partial charge in [-0.2, -0.15) is 0 Å². The van der Waals surface area contributed by atoms with Gasteiger partial charge in [-0.05, 0) is 58.5 Å². The van der Waals surface area contributed by atoms with Gasteiger partial charge in [0, 0.05) is 46.4 Å². The van der Waals surface area contributed by atoms with E-state index in [4.69, 9.17) is 4.74 Å². The molecule has 152 valence electrons. The molecule has 8 rings (SSSR count). The summed E-state index contributed by atoms with van der Waals surface area (Å²) in [5.74, 6) is 1.13. The summed E-state index contributed by atoms with van der Waals surface area (Å²) < 4.78 is 11.5. The van der Waals surface area contributed by atoms with Gasteiger partial charge in [-0.3, -0.25) is 0 Å². The summed E-state index contributed by atoms with van der Waals surface area (Å²) in [6.45, 7) is 0. The molecular weight excluding hydrogens is 573 g/mol. The fourth-order valence-corrected chi connectivity index (χ4v) is 7.78. The molecular formula is C28H15BrINO. The van der Waals surface area contributed by atoms with Crippen molar-refractivity contribution in [3.63, 3.8) is 0 Å². The highest BCUT2D eigenvalue weighted by Gasteiger charge is 2.43. The number of para-hydroxylation sites is 2. The van der Waals surface area contributed by atoms with Crippen LogP contribution in [0.25, 0.3) is 43.8 Å². The summed E-state index contributed by atoms with van der Waals surface area (Å²) in [7, 11) is 0. The van der Waals surface area contributed by atoms with E-state index >= 15 is 0 Å². The third-order valence-electron chi connectivity index (χ3n) is 7.25. The Morgan fingerprint density at radius 2 is 1.72 bits per heavy atom. The molecule has 2 unspecified atom stereocenters. The Bertz CT molecular complexity index is 1740. The molecule has 3 heterocycles. The second-order valence-electron chi connectivity index (χ2n) is 8.72. The summed E-state index contributed by atoms with van der Waals surface area (Å²) in [6.07, 6.45) is 4.58. The summed E-state index contributed by atoms with van der Waals surface area (Å²) in [4.78, 5) is 0. The number of halogens is 2. The van der Waals surface area contributed by atoms with Crippen molar-refractivity contribution in [1.29, 1.82) is 0 Å². The number of allylic oxidation sites excluding steroid dienone is 2. The number of nitrogens with zero attached hydrogens (tertiary/aromatic N) is 1. The van der Waals surface area contributed by atoms with Gasteiger partial charge in [-0.15, -0.1) is 0 Å². The zero-order valence-electron chi connectivity index (χ0n) is 16.8. The molecule has 1 aliphatic carbocycles. The van der Waals surface area contributed by atoms with Gasteiger partial charge in [0.05, 0.1) is 17.0 Å². The van der Waals surface area contributed by atoms with Crippen LogP contribution in [-0.4, -0.2) is 10.7 Å². The second-order valence-corrected chi connectivity index (χ2v) is 10.7. The van der Waals surface area contributed by atoms with Crippen molar-refractivity contribution in [2.24, 2.45) is 0 Å². The predicted molar refractivity (Wildman–Crippen MR) is 143 cm³/mol. The first-order valence-electron chi connectivity index (χ1n) is 10.7. The van der Waals surface area contributed by atoms with Gasteiger partial charge < -0.3 is 9.30 Å². The van der Waals surface area contributed by atoms with Gasteiger partial charge >= 0.3 is 0 Å². The number of rotatable bonds is 0. The highest BCUT2D eigenvalue weighted by atomic mass is 127. The van der Waals surface area contributed by atoms with Crippen LogP contribution in [0.3, 0.4) is 0 Å². The number of fused-ring (bicyclic) bond motifs is 10. The zero-order valence-corrected chi connectivity index (χ0v) is 20.5. The SMILES string of the molecule is Brc1cc2c3ccccc3n3c2c2c(ccc(I)c12)C1C3=CC=C2c3ccccc3OC21. The average Bonchev–Trinajstić information content (AvgIpc) is 3.35. The molecule has 4 heteroatoms. The van der Waals surface area contributed by atoms with E-state index in [0.717, 1.165) is 10.2 Å². The number of hydrogen-bond donors (Lipinski definition) is 0. The monoisotopic (exact) mass is 587 g/mol. The predicted octanol–water partition coefficient (Wildman–Crippen LogP) is 8.11. The van der Waals surface area contributed by atoms with Gasteiger partial charge in [-0.25, -0.2) is 0 Å². The van der Waals surface area contributed by atoms with E-state index in [1.165, 1.54) is 58.5 Å². The molecule has 3 aliphatic rings. The van der Waals surface area contributed by atoms with Gasteiger partial charge in [0.25, 0.3) is 0 Å². The van der Waals surface area contributed by atoms with Crippen molar-refractivity contribution < 1.29 is 4.74 Å². The Morgan fingerprint density at radius 3 is 2.66 bits per heavy atom. The maximum Gasteiger partial charge on any atom is 0.137 e. The molecule has 4 aromatic carbocycles. The van der Waals surface area contributed by atoms with E-state index in [-0.39, 0.29) is 12.0 Å². The van der Waals surface area contributed by atoms with Crippen LogP contribution in [0.2, 0.25) is 0 Å². The Morgan fingerprint density at radius 1 is 0.875 bits per heavy atom. The molecule has 2 aliphatic heterocycles. The van der Waals surface area contributed by atoms with Crippen LogP contribution in [0, 0.1) is 3.57 Å². The largest absolute Gasteiger partial charge is 0.484 e. The van der Waals surface area contributed by atoms with Crippen LogP contribution in [0.15, 0.2) is 83.4 Å². The molecule has 5 aromatic rings. The van der Waals surface area contributed by atoms with Gasteiger partial charge in [0.1, 0.15) is 11.9 Å². The fourth-order valence-electron chi connectivity index (χ4n) is 6.03. The molecule has 0 N–H and O–H groups in total. The Hall–Kier alpha value is -2.57. The lowest BCUT2D eigenvalue weighted by Gasteiger charge is -2.35. The smallest absolute Gasteiger partial charge is 0.137 e. The normalized spacial score (nSPS) is 20.2. The van der Waals surface area contributed by atoms with Crippen LogP contribution < -0.4 is 4.74 Å². The molecule has 0 radical (unpaired) electrons. The standard InChI is InChI=1S/C28H15BrINO/c29-19-13-18-14-5-1-3-7-21(14)31-22-12-10-16-15-6-2-4-8-23(15)32-28(16)24(22)17-9-11-20(30)26(19)25(17)27(18)31/h1-13,24,28H. The minimum absolute atomic E-state index is 0.0148. The summed E-state index contributed by atoms with van der Waals surface area (Å²) in [5.41, 5.74) is 7.74. The number of hydrogen-bond acceptors (Lipinski definition) is 1. The van der Waals surface area contributed by atoms with E-state index in [1.807, 2.05) is 0 Å². The van der Waals surface area contributed by atoms with Crippen molar-refractivity contribution in [2.75, 3.05) is 0 Å². The van der Waals surface area contributed by atoms with E-state index in [2.05, 4.69) is 122 Å². The molecule has 0 fully saturated rings. The topological polar surface area (TPSA) is 14.2 Å². The van der Waals surface area contributed by atoms with Gasteiger partial charge in [0.15, 0.2) is 0 Å². The third-order valence-corrected chi connectivity index (χ3v) is 8.78. The molecule has 0 saturated heterocycles. The summed E-state index contributed by atoms with van der Waals surface area (Å²) in [6, 6.07) is 24.1. The Balaban J connectivity index is 1.58. The van der Waals surface area contributed by atoms with E-state index < -0.39 is 0 Å². The Labute approximate surface area is 206 Å². The van der Waals surface area contributed by atoms with Crippen LogP contribution in [0.1, 0.15) is 17.0 Å². The van der Waals surface area contributed by atoms with Crippen molar-refractivity contribution in [3.05, 3.63) is 98.1 Å². The molecule has 0 bridgehead atoms. The van der Waals surface area contributed by atoms with E-state index in [9.17, 15) is 0 Å². The minimum atomic E-state index is -0.0148. The Kier molecular flexibility index (Phi) is 3.39. The lowest BCUT2D eigenvalue weighted by Crippen LogP contribution is -2.29. The summed E-state index contributed by atoms with van der Waals surface area (Å²) >= 11 is 6.39. The van der Waals surface area contributed by atoms with E-state index in [1.54, 1.807) is 0 Å². The first kappa shape index (κ1) is 17.9. The third kappa shape index (κ3) is 2.02. The first-order chi connectivity index (χ1) is 15.7. The average molecular weight is 588 g/mol. The molecule has 2 atom stereocenters. The zero-order chi connectivity index (χ0) is 21.1. The fraction of sp³-hybridized carbons (Fsp3) is 0.0714. The number of aromatic nitrogens is 1. The van der Waals surface area contributed by atoms with Gasteiger partial charge in [0.2, 0.25) is 0 Å². The molecule has 32 heavy (non-hydrogen) atoms. The van der Waals surface area contributed by atoms with E-state index in [0.29, 0.717) is 0 Å². The maximum absolute atomic E-state index is 6.64. The van der Waals surface area contributed by atoms with Crippen LogP contribution in [0.4, 0.5) is 0 Å². The summed E-state index contributed by atoms with van der Waals surface area (Å²) in [5, 5.41) is 5.24. The van der Waals surface area contributed by atoms with Crippen molar-refractivity contribution in [2.45, 2.75) is 12.0 Å². The first-order valence-corrected chi connectivity index (χ1v) is 12.6. The maximum atomic E-state index is 6.64. The molecule has 1 aromatic heterocycles. The van der Waals surface area contributed by atoms with Crippen molar-refractivity contribution in [3.8, 4) is 5.75 Å². The molecule has 2 nitrogen and oxygen atoms in total. The van der Waals surface area contributed by atoms with Crippen LogP contribution >= 0.6 is 38.5 Å². The minimum Gasteiger partial charge on any atom is -0.484 e. The molecule has 0 spiro atoms. The highest BCUT2D eigenvalue weighted by Crippen LogP contribution is 2.55. The quantitative estimate of drug-likeness (QED) is 0.167. The van der Waals surface area contributed by atoms with Crippen molar-refractivity contribution in [1.82, 2.24) is 4.57 Å². The number of benzene rings is 4. The second kappa shape index (κ2) is 6.06. The molecule has 0 saturated carbocycles. The molecule has 0 amide bonds. The highest BCUT2D eigenvalue weighted by molar-refractivity contribution is 14.1.